The molecule has 1 aliphatic heterocycles. The van der Waals surface area contributed by atoms with Gasteiger partial charge in [0.1, 0.15) is 0 Å². The molecule has 4 heteroatoms. The van der Waals surface area contributed by atoms with Crippen LogP contribution in [0.5, 0.6) is 0 Å². The minimum atomic E-state index is 0.248. The van der Waals surface area contributed by atoms with E-state index in [1.54, 1.807) is 0 Å². The molecule has 1 atom stereocenters. The lowest BCUT2D eigenvalue weighted by Crippen LogP contribution is -2.32. The van der Waals surface area contributed by atoms with Crippen LogP contribution in [0.25, 0.3) is 0 Å². The minimum absolute atomic E-state index is 0.248. The number of rotatable bonds is 8. The Kier molecular flexibility index (Phi) is 6.46. The van der Waals surface area contributed by atoms with Crippen LogP contribution >= 0.6 is 11.6 Å². The molecule has 0 amide bonds. The molecule has 0 aliphatic carbocycles. The van der Waals surface area contributed by atoms with Gasteiger partial charge in [-0.15, -0.1) is 0 Å². The van der Waals surface area contributed by atoms with Gasteiger partial charge in [-0.3, -0.25) is 9.88 Å². The van der Waals surface area contributed by atoms with Crippen molar-refractivity contribution in [3.63, 3.8) is 0 Å². The standard InChI is InChI=1S/C21H27ClN2O/c1-2-25-17-21(10-9-18-5-7-20(22)8-6-18)11-13-24(16-21)15-19-4-3-12-23-14-19/h3-8,12,14H,2,9-11,13,15-17H2,1H3/t21-/m0/s1. The zero-order chi connectivity index (χ0) is 17.5. The molecular weight excluding hydrogens is 332 g/mol. The van der Waals surface area contributed by atoms with Crippen LogP contribution < -0.4 is 0 Å². The summed E-state index contributed by atoms with van der Waals surface area (Å²) in [5, 5.41) is 0.802. The lowest BCUT2D eigenvalue weighted by atomic mass is 9.82. The zero-order valence-corrected chi connectivity index (χ0v) is 15.7. The summed E-state index contributed by atoms with van der Waals surface area (Å²) in [5.74, 6) is 0. The molecule has 134 valence electrons. The smallest absolute Gasteiger partial charge is 0.0535 e. The Labute approximate surface area is 156 Å². The van der Waals surface area contributed by atoms with E-state index in [9.17, 15) is 0 Å². The number of hydrogen-bond acceptors (Lipinski definition) is 3. The lowest BCUT2D eigenvalue weighted by Gasteiger charge is -2.29. The monoisotopic (exact) mass is 358 g/mol. The average Bonchev–Trinajstić information content (AvgIpc) is 3.04. The first-order valence-electron chi connectivity index (χ1n) is 9.13. The molecule has 1 aromatic carbocycles. The molecule has 1 aromatic heterocycles. The fourth-order valence-electron chi connectivity index (χ4n) is 3.69. The number of likely N-dealkylation sites (tertiary alicyclic amines) is 1. The van der Waals surface area contributed by atoms with E-state index in [4.69, 9.17) is 16.3 Å². The first kappa shape index (κ1) is 18.4. The van der Waals surface area contributed by atoms with Gasteiger partial charge < -0.3 is 4.74 Å². The molecule has 3 rings (SSSR count). The predicted octanol–water partition coefficient (Wildman–Crippen LogP) is 4.60. The van der Waals surface area contributed by atoms with Gasteiger partial charge in [0.05, 0.1) is 6.61 Å². The zero-order valence-electron chi connectivity index (χ0n) is 15.0. The van der Waals surface area contributed by atoms with Crippen molar-refractivity contribution in [1.82, 2.24) is 9.88 Å². The Morgan fingerprint density at radius 2 is 2.04 bits per heavy atom. The Bertz CT molecular complexity index is 647. The van der Waals surface area contributed by atoms with Gasteiger partial charge in [0, 0.05) is 42.5 Å². The van der Waals surface area contributed by atoms with Crippen LogP contribution in [-0.2, 0) is 17.7 Å². The van der Waals surface area contributed by atoms with Crippen molar-refractivity contribution in [3.05, 3.63) is 64.9 Å². The molecule has 0 spiro atoms. The molecule has 0 radical (unpaired) electrons. The molecule has 1 fully saturated rings. The average molecular weight is 359 g/mol. The van der Waals surface area contributed by atoms with E-state index in [0.717, 1.165) is 50.7 Å². The van der Waals surface area contributed by atoms with Crippen molar-refractivity contribution in [2.45, 2.75) is 32.7 Å². The SMILES string of the molecule is CCOC[C@@]1(CCc2ccc(Cl)cc2)CCN(Cc2cccnc2)C1. The van der Waals surface area contributed by atoms with Gasteiger partial charge in [0.2, 0.25) is 0 Å². The first-order chi connectivity index (χ1) is 12.2. The second kappa shape index (κ2) is 8.79. The van der Waals surface area contributed by atoms with Crippen LogP contribution in [0.15, 0.2) is 48.8 Å². The fourth-order valence-corrected chi connectivity index (χ4v) is 3.81. The van der Waals surface area contributed by atoms with E-state index in [2.05, 4.69) is 35.0 Å². The van der Waals surface area contributed by atoms with Gasteiger partial charge in [-0.2, -0.15) is 0 Å². The number of hydrogen-bond donors (Lipinski definition) is 0. The quantitative estimate of drug-likeness (QED) is 0.689. The molecule has 1 saturated heterocycles. The highest BCUT2D eigenvalue weighted by Gasteiger charge is 2.37. The highest BCUT2D eigenvalue weighted by atomic mass is 35.5. The van der Waals surface area contributed by atoms with E-state index in [0.29, 0.717) is 0 Å². The molecule has 25 heavy (non-hydrogen) atoms. The number of halogens is 1. The second-order valence-electron chi connectivity index (χ2n) is 7.09. The van der Waals surface area contributed by atoms with E-state index in [1.165, 1.54) is 17.5 Å². The van der Waals surface area contributed by atoms with E-state index >= 15 is 0 Å². The third-order valence-electron chi connectivity index (χ3n) is 5.12. The maximum absolute atomic E-state index is 6.00. The number of pyridine rings is 1. The van der Waals surface area contributed by atoms with Crippen molar-refractivity contribution >= 4 is 11.6 Å². The van der Waals surface area contributed by atoms with Crippen LogP contribution in [0.1, 0.15) is 30.9 Å². The van der Waals surface area contributed by atoms with Gasteiger partial charge in [0.25, 0.3) is 0 Å². The molecule has 2 heterocycles. The summed E-state index contributed by atoms with van der Waals surface area (Å²) in [6, 6.07) is 12.4. The third-order valence-corrected chi connectivity index (χ3v) is 5.37. The molecule has 0 bridgehead atoms. The summed E-state index contributed by atoms with van der Waals surface area (Å²) < 4.78 is 5.87. The Hall–Kier alpha value is -1.42. The summed E-state index contributed by atoms with van der Waals surface area (Å²) in [6.45, 7) is 6.90. The summed E-state index contributed by atoms with van der Waals surface area (Å²) in [7, 11) is 0. The molecule has 3 nitrogen and oxygen atoms in total. The van der Waals surface area contributed by atoms with Crippen molar-refractivity contribution in [2.75, 3.05) is 26.3 Å². The number of aromatic nitrogens is 1. The predicted molar refractivity (Wildman–Crippen MR) is 103 cm³/mol. The van der Waals surface area contributed by atoms with Crippen molar-refractivity contribution in [2.24, 2.45) is 5.41 Å². The Balaban J connectivity index is 1.61. The minimum Gasteiger partial charge on any atom is -0.381 e. The maximum atomic E-state index is 6.00. The largest absolute Gasteiger partial charge is 0.381 e. The maximum Gasteiger partial charge on any atom is 0.0535 e. The lowest BCUT2D eigenvalue weighted by molar-refractivity contribution is 0.0489. The topological polar surface area (TPSA) is 25.4 Å². The van der Waals surface area contributed by atoms with E-state index in [1.807, 2.05) is 30.6 Å². The fraction of sp³-hybridized carbons (Fsp3) is 0.476. The van der Waals surface area contributed by atoms with Crippen LogP contribution in [0.4, 0.5) is 0 Å². The van der Waals surface area contributed by atoms with E-state index in [-0.39, 0.29) is 5.41 Å². The van der Waals surface area contributed by atoms with Gasteiger partial charge >= 0.3 is 0 Å². The summed E-state index contributed by atoms with van der Waals surface area (Å²) >= 11 is 6.00. The van der Waals surface area contributed by atoms with Crippen LogP contribution in [0.2, 0.25) is 5.02 Å². The van der Waals surface area contributed by atoms with Crippen LogP contribution in [-0.4, -0.2) is 36.2 Å². The van der Waals surface area contributed by atoms with Crippen molar-refractivity contribution in [3.8, 4) is 0 Å². The van der Waals surface area contributed by atoms with Crippen molar-refractivity contribution in [1.29, 1.82) is 0 Å². The molecular formula is C21H27ClN2O. The third kappa shape index (κ3) is 5.27. The molecule has 1 aliphatic rings. The Morgan fingerprint density at radius 1 is 1.20 bits per heavy atom. The highest BCUT2D eigenvalue weighted by molar-refractivity contribution is 6.30. The van der Waals surface area contributed by atoms with Crippen molar-refractivity contribution < 1.29 is 4.74 Å². The molecule has 0 N–H and O–H groups in total. The van der Waals surface area contributed by atoms with Crippen LogP contribution in [0.3, 0.4) is 0 Å². The van der Waals surface area contributed by atoms with Crippen LogP contribution in [0, 0.1) is 5.41 Å². The van der Waals surface area contributed by atoms with Gasteiger partial charge in [-0.25, -0.2) is 0 Å². The highest BCUT2D eigenvalue weighted by Crippen LogP contribution is 2.36. The number of benzene rings is 1. The van der Waals surface area contributed by atoms with Gasteiger partial charge in [-0.1, -0.05) is 29.8 Å². The molecule has 0 saturated carbocycles. The number of nitrogens with zero attached hydrogens (tertiary/aromatic N) is 2. The first-order valence-corrected chi connectivity index (χ1v) is 9.50. The second-order valence-corrected chi connectivity index (χ2v) is 7.52. The van der Waals surface area contributed by atoms with Gasteiger partial charge in [0.15, 0.2) is 0 Å². The molecule has 2 aromatic rings. The summed E-state index contributed by atoms with van der Waals surface area (Å²) in [6.07, 6.45) is 7.22. The van der Waals surface area contributed by atoms with E-state index < -0.39 is 0 Å². The summed E-state index contributed by atoms with van der Waals surface area (Å²) in [5.41, 5.74) is 2.89. The Morgan fingerprint density at radius 3 is 2.76 bits per heavy atom. The summed E-state index contributed by atoms with van der Waals surface area (Å²) in [4.78, 5) is 6.77. The number of aryl methyl sites for hydroxylation is 1. The normalized spacial score (nSPS) is 20.9. The molecule has 0 unspecified atom stereocenters. The van der Waals surface area contributed by atoms with Gasteiger partial charge in [-0.05, 0) is 62.1 Å². The number of ether oxygens (including phenoxy) is 1.